The van der Waals surface area contributed by atoms with E-state index in [1.54, 1.807) is 71.9 Å². The molecule has 242 valence electrons. The van der Waals surface area contributed by atoms with Crippen molar-refractivity contribution in [1.29, 1.82) is 0 Å². The summed E-state index contributed by atoms with van der Waals surface area (Å²) < 4.78 is 28.5. The molecule has 0 heterocycles. The zero-order valence-electron chi connectivity index (χ0n) is 28.3. The Kier molecular flexibility index (Phi) is 13.0. The summed E-state index contributed by atoms with van der Waals surface area (Å²) in [6.45, 7) is 21.0. The zero-order valence-corrected chi connectivity index (χ0v) is 28.3. The summed E-state index contributed by atoms with van der Waals surface area (Å²) in [5.74, 6) is 0.865. The minimum absolute atomic E-state index is 0.0825. The number of ketones is 1. The fraction of sp³-hybridized carbons (Fsp3) is 0.528. The molecule has 0 amide bonds. The molecule has 0 bridgehead atoms. The first-order valence-electron chi connectivity index (χ1n) is 15.2. The van der Waals surface area contributed by atoms with Crippen LogP contribution in [0.1, 0.15) is 121 Å². The van der Waals surface area contributed by atoms with Crippen LogP contribution in [0.3, 0.4) is 0 Å². The maximum absolute atomic E-state index is 13.3. The zero-order chi connectivity index (χ0) is 33.2. The van der Waals surface area contributed by atoms with E-state index in [2.05, 4.69) is 33.8 Å². The number of esters is 2. The second-order valence-corrected chi connectivity index (χ2v) is 13.4. The lowest BCUT2D eigenvalue weighted by Gasteiger charge is -2.24. The van der Waals surface area contributed by atoms with Crippen LogP contribution >= 0.6 is 0 Å². The number of hydrogen-bond acceptors (Lipinski definition) is 8. The van der Waals surface area contributed by atoms with Crippen molar-refractivity contribution in [3.63, 3.8) is 0 Å². The van der Waals surface area contributed by atoms with Crippen LogP contribution in [0.15, 0.2) is 36.4 Å². The highest BCUT2D eigenvalue weighted by Crippen LogP contribution is 2.43. The topological polar surface area (TPSA) is 97.4 Å². The van der Waals surface area contributed by atoms with Gasteiger partial charge in [-0.25, -0.2) is 0 Å². The molecule has 2 rings (SSSR count). The van der Waals surface area contributed by atoms with E-state index >= 15 is 0 Å². The third-order valence-electron chi connectivity index (χ3n) is 6.59. The van der Waals surface area contributed by atoms with Crippen molar-refractivity contribution in [2.24, 2.45) is 10.8 Å². The van der Waals surface area contributed by atoms with Crippen LogP contribution < -0.4 is 14.2 Å². The van der Waals surface area contributed by atoms with E-state index in [1.165, 1.54) is 6.08 Å². The molecule has 44 heavy (non-hydrogen) atoms. The molecule has 0 aromatic heterocycles. The Labute approximate surface area is 263 Å². The van der Waals surface area contributed by atoms with Gasteiger partial charge in [-0.15, -0.1) is 0 Å². The Hall–Kier alpha value is -3.81. The van der Waals surface area contributed by atoms with Gasteiger partial charge in [-0.3, -0.25) is 14.4 Å². The summed E-state index contributed by atoms with van der Waals surface area (Å²) in [6, 6.07) is 8.68. The van der Waals surface area contributed by atoms with Gasteiger partial charge in [0.1, 0.15) is 17.2 Å². The molecule has 0 saturated heterocycles. The monoisotopic (exact) mass is 610 g/mol. The second-order valence-electron chi connectivity index (χ2n) is 13.4. The van der Waals surface area contributed by atoms with Gasteiger partial charge in [0.05, 0.1) is 23.0 Å². The summed E-state index contributed by atoms with van der Waals surface area (Å²) in [7, 11) is 0. The van der Waals surface area contributed by atoms with Gasteiger partial charge in [-0.1, -0.05) is 34.6 Å². The third-order valence-corrected chi connectivity index (χ3v) is 6.59. The van der Waals surface area contributed by atoms with Crippen molar-refractivity contribution in [2.75, 3.05) is 20.2 Å². The van der Waals surface area contributed by atoms with Crippen LogP contribution in [0.2, 0.25) is 0 Å². The fourth-order valence-electron chi connectivity index (χ4n) is 3.94. The molecule has 0 spiro atoms. The van der Waals surface area contributed by atoms with Crippen LogP contribution in [0.4, 0.5) is 0 Å². The Balaban J connectivity index is 2.43. The average molecular weight is 611 g/mol. The van der Waals surface area contributed by atoms with Gasteiger partial charge in [0, 0.05) is 5.56 Å². The molecule has 8 heteroatoms. The van der Waals surface area contributed by atoms with E-state index in [1.807, 2.05) is 6.92 Å². The highest BCUT2D eigenvalue weighted by atomic mass is 16.7. The molecule has 8 nitrogen and oxygen atoms in total. The molecule has 0 unspecified atom stereocenters. The van der Waals surface area contributed by atoms with Gasteiger partial charge in [-0.2, -0.15) is 0 Å². The van der Waals surface area contributed by atoms with Crippen molar-refractivity contribution in [3.05, 3.63) is 58.7 Å². The van der Waals surface area contributed by atoms with E-state index in [4.69, 9.17) is 23.7 Å². The predicted molar refractivity (Wildman–Crippen MR) is 172 cm³/mol. The molecule has 0 radical (unpaired) electrons. The van der Waals surface area contributed by atoms with Crippen molar-refractivity contribution in [1.82, 2.24) is 0 Å². The lowest BCUT2D eigenvalue weighted by molar-refractivity contribution is -0.160. The lowest BCUT2D eigenvalue weighted by atomic mass is 9.90. The number of carbonyl (C=O) groups is 3. The van der Waals surface area contributed by atoms with Gasteiger partial charge in [-0.05, 0) is 113 Å². The number of carbonyl (C=O) groups excluding carboxylic acids is 3. The quantitative estimate of drug-likeness (QED) is 0.0909. The predicted octanol–water partition coefficient (Wildman–Crippen LogP) is 8.47. The Bertz CT molecular complexity index is 1310. The summed E-state index contributed by atoms with van der Waals surface area (Å²) >= 11 is 0. The molecule has 0 atom stereocenters. The lowest BCUT2D eigenvalue weighted by Crippen LogP contribution is -2.25. The van der Waals surface area contributed by atoms with Crippen molar-refractivity contribution >= 4 is 23.8 Å². The number of benzene rings is 2. The van der Waals surface area contributed by atoms with Gasteiger partial charge in [0.15, 0.2) is 5.78 Å². The highest BCUT2D eigenvalue weighted by Gasteiger charge is 2.26. The Morgan fingerprint density at radius 3 is 1.66 bits per heavy atom. The largest absolute Gasteiger partial charge is 0.493 e. The molecule has 0 aliphatic carbocycles. The first-order valence-corrected chi connectivity index (χ1v) is 15.2. The molecule has 0 N–H and O–H groups in total. The molecule has 0 fully saturated rings. The number of rotatable bonds is 14. The molecule has 0 saturated carbocycles. The van der Waals surface area contributed by atoms with Crippen LogP contribution in [0, 0.1) is 10.8 Å². The third kappa shape index (κ3) is 10.4. The van der Waals surface area contributed by atoms with Crippen LogP contribution in [0.25, 0.3) is 6.08 Å². The van der Waals surface area contributed by atoms with Crippen LogP contribution in [-0.2, 0) is 19.1 Å². The highest BCUT2D eigenvalue weighted by molar-refractivity contribution is 6.07. The number of ether oxygens (including phenoxy) is 5. The van der Waals surface area contributed by atoms with Crippen molar-refractivity contribution < 1.29 is 38.1 Å². The summed E-state index contributed by atoms with van der Waals surface area (Å²) in [5.41, 5.74) is 1.69. The van der Waals surface area contributed by atoms with E-state index < -0.39 is 10.8 Å². The first-order chi connectivity index (χ1) is 20.5. The normalized spacial score (nSPS) is 12.0. The van der Waals surface area contributed by atoms with Gasteiger partial charge in [0.2, 0.25) is 13.6 Å². The minimum Gasteiger partial charge on any atom is -0.493 e. The Morgan fingerprint density at radius 1 is 0.727 bits per heavy atom. The van der Waals surface area contributed by atoms with Gasteiger partial charge >= 0.3 is 11.9 Å². The average Bonchev–Trinajstić information content (AvgIpc) is 2.93. The van der Waals surface area contributed by atoms with Gasteiger partial charge in [0.25, 0.3) is 0 Å². The molecule has 0 aliphatic heterocycles. The maximum atomic E-state index is 13.3. The van der Waals surface area contributed by atoms with E-state index in [9.17, 15) is 14.4 Å². The SMILES string of the molecule is CCCOc1c(C(C)C)cc(C(C)C)c(OCOC(=O)C(C)(C)C)c1/C=C/C(=O)c1ccc(OCOC(=O)C(C)(C)C)cc1. The minimum atomic E-state index is -0.673. The van der Waals surface area contributed by atoms with Crippen LogP contribution in [-0.4, -0.2) is 37.9 Å². The smallest absolute Gasteiger partial charge is 0.314 e. The maximum Gasteiger partial charge on any atom is 0.314 e. The van der Waals surface area contributed by atoms with E-state index in [0.717, 1.165) is 17.5 Å². The van der Waals surface area contributed by atoms with E-state index in [-0.39, 0.29) is 43.1 Å². The molecular formula is C36H50O8. The molecule has 2 aromatic carbocycles. The van der Waals surface area contributed by atoms with E-state index in [0.29, 0.717) is 35.0 Å². The fourth-order valence-corrected chi connectivity index (χ4v) is 3.94. The van der Waals surface area contributed by atoms with Crippen molar-refractivity contribution in [2.45, 2.75) is 94.4 Å². The van der Waals surface area contributed by atoms with Gasteiger partial charge < -0.3 is 23.7 Å². The summed E-state index contributed by atoms with van der Waals surface area (Å²) in [5, 5.41) is 0. The van der Waals surface area contributed by atoms with Crippen molar-refractivity contribution in [3.8, 4) is 17.2 Å². The number of hydrogen-bond donors (Lipinski definition) is 0. The standard InChI is InChI=1S/C36H50O8/c1-12-19-40-31-27(17-18-30(37)25-13-15-26(16-14-25)41-21-43-33(38)35(6,7)8)32(42-22-44-34(39)36(9,10)11)29(24(4)5)20-28(31)23(2)3/h13-18,20,23-24H,12,19,21-22H2,1-11H3/b18-17+. The molecule has 2 aromatic rings. The first kappa shape index (κ1) is 36.4. The Morgan fingerprint density at radius 2 is 1.20 bits per heavy atom. The second kappa shape index (κ2) is 15.8. The molecular weight excluding hydrogens is 560 g/mol. The summed E-state index contributed by atoms with van der Waals surface area (Å²) in [6.07, 6.45) is 3.99. The molecule has 0 aliphatic rings. The van der Waals surface area contributed by atoms with Crippen LogP contribution in [0.5, 0.6) is 17.2 Å². The summed E-state index contributed by atoms with van der Waals surface area (Å²) in [4.78, 5) is 37.6. The number of allylic oxidation sites excluding steroid dienone is 1.